The van der Waals surface area contributed by atoms with Crippen molar-refractivity contribution in [1.82, 2.24) is 0 Å². The van der Waals surface area contributed by atoms with E-state index in [0.29, 0.717) is 12.6 Å². The summed E-state index contributed by atoms with van der Waals surface area (Å²) in [6.07, 6.45) is 5.19. The third-order valence-corrected chi connectivity index (χ3v) is 4.45. The molecule has 1 aliphatic heterocycles. The molecular weight excluding hydrogens is 276 g/mol. The topological polar surface area (TPSA) is 29.3 Å². The average molecular weight is 297 g/mol. The first-order valence-electron chi connectivity index (χ1n) is 6.52. The largest absolute Gasteiger partial charge is 0.368 e. The lowest BCUT2D eigenvalue weighted by Crippen LogP contribution is -2.39. The molecule has 2 N–H and O–H groups in total. The lowest BCUT2D eigenvalue weighted by molar-refractivity contribution is 0.449. The summed E-state index contributed by atoms with van der Waals surface area (Å²) in [5, 5.41) is 0. The monoisotopic (exact) mass is 296 g/mol. The van der Waals surface area contributed by atoms with Crippen molar-refractivity contribution in [3.63, 3.8) is 0 Å². The molecule has 0 spiro atoms. The van der Waals surface area contributed by atoms with Crippen LogP contribution in [0.25, 0.3) is 0 Å². The molecule has 0 bridgehead atoms. The van der Waals surface area contributed by atoms with E-state index in [0.717, 1.165) is 4.47 Å². The smallest absolute Gasteiger partial charge is 0.0425 e. The van der Waals surface area contributed by atoms with E-state index < -0.39 is 0 Å². The van der Waals surface area contributed by atoms with Gasteiger partial charge in [0.25, 0.3) is 0 Å². The van der Waals surface area contributed by atoms with E-state index in [4.69, 9.17) is 5.73 Å². The highest BCUT2D eigenvalue weighted by Crippen LogP contribution is 2.32. The maximum atomic E-state index is 5.89. The number of nitrogens with zero attached hydrogens (tertiary/aromatic N) is 1. The van der Waals surface area contributed by atoms with Gasteiger partial charge in [-0.15, -0.1) is 0 Å². The molecule has 1 aromatic carbocycles. The van der Waals surface area contributed by atoms with Gasteiger partial charge in [0.15, 0.2) is 0 Å². The number of anilines is 1. The fraction of sp³-hybridized carbons (Fsp3) is 0.571. The average Bonchev–Trinajstić information content (AvgIpc) is 2.38. The zero-order valence-electron chi connectivity index (χ0n) is 10.5. The Kier molecular flexibility index (Phi) is 4.46. The molecule has 1 atom stereocenters. The van der Waals surface area contributed by atoms with E-state index in [2.05, 4.69) is 46.0 Å². The van der Waals surface area contributed by atoms with Gasteiger partial charge in [-0.2, -0.15) is 0 Å². The zero-order valence-corrected chi connectivity index (χ0v) is 12.0. The SMILES string of the molecule is CCC1CCCCN1c1cccc(Br)c1CN. The highest BCUT2D eigenvalue weighted by molar-refractivity contribution is 9.10. The van der Waals surface area contributed by atoms with E-state index in [9.17, 15) is 0 Å². The second kappa shape index (κ2) is 5.87. The molecule has 1 aromatic rings. The van der Waals surface area contributed by atoms with Crippen molar-refractivity contribution < 1.29 is 0 Å². The third kappa shape index (κ3) is 2.66. The molecule has 2 rings (SSSR count). The first-order valence-corrected chi connectivity index (χ1v) is 7.31. The molecule has 0 radical (unpaired) electrons. The molecule has 1 unspecified atom stereocenters. The summed E-state index contributed by atoms with van der Waals surface area (Å²) in [5.41, 5.74) is 8.46. The second-order valence-corrected chi connectivity index (χ2v) is 5.55. The highest BCUT2D eigenvalue weighted by atomic mass is 79.9. The quantitative estimate of drug-likeness (QED) is 0.922. The minimum absolute atomic E-state index is 0.601. The first kappa shape index (κ1) is 12.9. The summed E-state index contributed by atoms with van der Waals surface area (Å²) in [6, 6.07) is 7.08. The molecule has 1 fully saturated rings. The molecule has 0 aliphatic carbocycles. The van der Waals surface area contributed by atoms with Crippen LogP contribution in [0.2, 0.25) is 0 Å². The second-order valence-electron chi connectivity index (χ2n) is 4.69. The first-order chi connectivity index (χ1) is 8.27. The van der Waals surface area contributed by atoms with Crippen molar-refractivity contribution in [2.45, 2.75) is 45.2 Å². The van der Waals surface area contributed by atoms with Gasteiger partial charge in [-0.05, 0) is 37.8 Å². The Morgan fingerprint density at radius 3 is 2.94 bits per heavy atom. The van der Waals surface area contributed by atoms with Crippen LogP contribution >= 0.6 is 15.9 Å². The van der Waals surface area contributed by atoms with E-state index >= 15 is 0 Å². The van der Waals surface area contributed by atoms with Gasteiger partial charge in [-0.25, -0.2) is 0 Å². The molecule has 94 valence electrons. The van der Waals surface area contributed by atoms with Gasteiger partial charge in [0, 0.05) is 34.9 Å². The van der Waals surface area contributed by atoms with Crippen LogP contribution in [0.5, 0.6) is 0 Å². The van der Waals surface area contributed by atoms with Crippen LogP contribution in [0.1, 0.15) is 38.2 Å². The molecule has 0 aromatic heterocycles. The number of piperidine rings is 1. The molecular formula is C14H21BrN2. The molecule has 1 aliphatic rings. The minimum atomic E-state index is 0.601. The Bertz CT molecular complexity index is 378. The molecule has 2 nitrogen and oxygen atoms in total. The van der Waals surface area contributed by atoms with E-state index in [-0.39, 0.29) is 0 Å². The lowest BCUT2D eigenvalue weighted by Gasteiger charge is -2.38. The van der Waals surface area contributed by atoms with Crippen LogP contribution in [0, 0.1) is 0 Å². The van der Waals surface area contributed by atoms with E-state index in [1.54, 1.807) is 0 Å². The van der Waals surface area contributed by atoms with Gasteiger partial charge in [0.2, 0.25) is 0 Å². The maximum absolute atomic E-state index is 5.89. The van der Waals surface area contributed by atoms with Crippen LogP contribution < -0.4 is 10.6 Å². The Labute approximate surface area is 112 Å². The predicted molar refractivity (Wildman–Crippen MR) is 77.3 cm³/mol. The van der Waals surface area contributed by atoms with Crippen molar-refractivity contribution in [2.24, 2.45) is 5.73 Å². The fourth-order valence-electron chi connectivity index (χ4n) is 2.76. The summed E-state index contributed by atoms with van der Waals surface area (Å²) in [7, 11) is 0. The van der Waals surface area contributed by atoms with Crippen LogP contribution in [0.3, 0.4) is 0 Å². The summed E-state index contributed by atoms with van der Waals surface area (Å²) in [5.74, 6) is 0. The Morgan fingerprint density at radius 1 is 1.41 bits per heavy atom. The van der Waals surface area contributed by atoms with Gasteiger partial charge < -0.3 is 10.6 Å². The lowest BCUT2D eigenvalue weighted by atomic mass is 9.98. The molecule has 1 saturated heterocycles. The van der Waals surface area contributed by atoms with Gasteiger partial charge >= 0.3 is 0 Å². The normalized spacial score (nSPS) is 20.6. The minimum Gasteiger partial charge on any atom is -0.368 e. The number of halogens is 1. The van der Waals surface area contributed by atoms with Crippen LogP contribution in [-0.4, -0.2) is 12.6 Å². The summed E-state index contributed by atoms with van der Waals surface area (Å²) < 4.78 is 1.14. The molecule has 0 saturated carbocycles. The standard InChI is InChI=1S/C14H21BrN2/c1-2-11-6-3-4-9-17(11)14-8-5-7-13(15)12(14)10-16/h5,7-8,11H,2-4,6,9-10,16H2,1H3. The van der Waals surface area contributed by atoms with Gasteiger partial charge in [0.05, 0.1) is 0 Å². The van der Waals surface area contributed by atoms with Crippen molar-refractivity contribution in [3.05, 3.63) is 28.2 Å². The fourth-order valence-corrected chi connectivity index (χ4v) is 3.28. The summed E-state index contributed by atoms with van der Waals surface area (Å²) >= 11 is 3.61. The molecule has 3 heteroatoms. The van der Waals surface area contributed by atoms with Gasteiger partial charge in [-0.3, -0.25) is 0 Å². The van der Waals surface area contributed by atoms with Crippen molar-refractivity contribution in [3.8, 4) is 0 Å². The molecule has 1 heterocycles. The number of benzene rings is 1. The number of hydrogen-bond donors (Lipinski definition) is 1. The maximum Gasteiger partial charge on any atom is 0.0425 e. The van der Waals surface area contributed by atoms with Crippen LogP contribution in [0.15, 0.2) is 22.7 Å². The third-order valence-electron chi connectivity index (χ3n) is 3.71. The van der Waals surface area contributed by atoms with Crippen molar-refractivity contribution >= 4 is 21.6 Å². The van der Waals surface area contributed by atoms with E-state index in [1.807, 2.05) is 0 Å². The van der Waals surface area contributed by atoms with Crippen molar-refractivity contribution in [1.29, 1.82) is 0 Å². The highest BCUT2D eigenvalue weighted by Gasteiger charge is 2.23. The van der Waals surface area contributed by atoms with Gasteiger partial charge in [0.1, 0.15) is 0 Å². The van der Waals surface area contributed by atoms with Gasteiger partial charge in [-0.1, -0.05) is 28.9 Å². The number of rotatable bonds is 3. The van der Waals surface area contributed by atoms with Crippen molar-refractivity contribution in [2.75, 3.05) is 11.4 Å². The Morgan fingerprint density at radius 2 is 2.24 bits per heavy atom. The summed E-state index contributed by atoms with van der Waals surface area (Å²) in [6.45, 7) is 4.05. The Hall–Kier alpha value is -0.540. The summed E-state index contributed by atoms with van der Waals surface area (Å²) in [4.78, 5) is 2.55. The Balaban J connectivity index is 2.34. The van der Waals surface area contributed by atoms with Crippen LogP contribution in [0.4, 0.5) is 5.69 Å². The van der Waals surface area contributed by atoms with E-state index in [1.165, 1.54) is 43.5 Å². The molecule has 17 heavy (non-hydrogen) atoms. The number of nitrogens with two attached hydrogens (primary N) is 1. The zero-order chi connectivity index (χ0) is 12.3. The molecule has 0 amide bonds. The number of hydrogen-bond acceptors (Lipinski definition) is 2. The predicted octanol–water partition coefficient (Wildman–Crippen LogP) is 3.68. The van der Waals surface area contributed by atoms with Crippen LogP contribution in [-0.2, 0) is 6.54 Å².